The number of nitrogens with zero attached hydrogens (tertiary/aromatic N) is 1. The normalized spacial score (nSPS) is 17.1. The summed E-state index contributed by atoms with van der Waals surface area (Å²) >= 11 is 0. The van der Waals surface area contributed by atoms with Gasteiger partial charge in [0.25, 0.3) is 0 Å². The van der Waals surface area contributed by atoms with Gasteiger partial charge in [-0.05, 0) is 31.9 Å². The van der Waals surface area contributed by atoms with E-state index in [4.69, 9.17) is 9.47 Å². The summed E-state index contributed by atoms with van der Waals surface area (Å²) in [4.78, 5) is 4.31. The molecule has 0 spiro atoms. The van der Waals surface area contributed by atoms with Gasteiger partial charge >= 0.3 is 0 Å². The van der Waals surface area contributed by atoms with E-state index in [1.165, 1.54) is 0 Å². The molecule has 1 aliphatic rings. The van der Waals surface area contributed by atoms with Gasteiger partial charge in [0.15, 0.2) is 11.6 Å². The molecule has 1 aromatic heterocycles. The number of ether oxygens (including phenoxy) is 2. The zero-order valence-electron chi connectivity index (χ0n) is 9.61. The van der Waals surface area contributed by atoms with Gasteiger partial charge < -0.3 is 14.8 Å². The smallest absolute Gasteiger partial charge is 0.168 e. The lowest BCUT2D eigenvalue weighted by atomic mass is 10.1. The Morgan fingerprint density at radius 3 is 3.06 bits per heavy atom. The minimum absolute atomic E-state index is 0.447. The molecule has 0 unspecified atom stereocenters. The molecule has 16 heavy (non-hydrogen) atoms. The van der Waals surface area contributed by atoms with Crippen molar-refractivity contribution in [2.75, 3.05) is 25.1 Å². The number of pyridine rings is 1. The maximum absolute atomic E-state index is 5.52. The van der Waals surface area contributed by atoms with Crippen molar-refractivity contribution < 1.29 is 9.47 Å². The Hall–Kier alpha value is -1.29. The summed E-state index contributed by atoms with van der Waals surface area (Å²) in [6.45, 7) is 4.29. The zero-order valence-corrected chi connectivity index (χ0v) is 9.61. The quantitative estimate of drug-likeness (QED) is 0.847. The number of anilines is 1. The first-order chi connectivity index (χ1) is 7.90. The fourth-order valence-electron chi connectivity index (χ4n) is 1.81. The molecule has 0 saturated carbocycles. The van der Waals surface area contributed by atoms with Gasteiger partial charge in [0, 0.05) is 25.5 Å². The number of hydrogen-bond donors (Lipinski definition) is 1. The molecule has 4 nitrogen and oxygen atoms in total. The molecular weight excluding hydrogens is 204 g/mol. The number of rotatable bonds is 4. The minimum Gasteiger partial charge on any atom is -0.490 e. The van der Waals surface area contributed by atoms with Crippen LogP contribution in [0.2, 0.25) is 0 Å². The van der Waals surface area contributed by atoms with E-state index in [2.05, 4.69) is 10.3 Å². The average Bonchev–Trinajstić information content (AvgIpc) is 2.33. The first kappa shape index (κ1) is 11.2. The Morgan fingerprint density at radius 2 is 2.31 bits per heavy atom. The maximum Gasteiger partial charge on any atom is 0.168 e. The Balaban J connectivity index is 2.01. The second-order valence-corrected chi connectivity index (χ2v) is 3.81. The standard InChI is InChI=1S/C12H18N2O2/c1-2-16-11-4-3-7-13-12(11)14-10-5-8-15-9-6-10/h3-4,7,10H,2,5-6,8-9H2,1H3,(H,13,14). The van der Waals surface area contributed by atoms with Crippen molar-refractivity contribution in [3.63, 3.8) is 0 Å². The van der Waals surface area contributed by atoms with Gasteiger partial charge in [-0.15, -0.1) is 0 Å². The third kappa shape index (κ3) is 2.85. The molecule has 1 aromatic rings. The van der Waals surface area contributed by atoms with Crippen LogP contribution in [-0.4, -0.2) is 30.8 Å². The van der Waals surface area contributed by atoms with Crippen LogP contribution in [0.4, 0.5) is 5.82 Å². The first-order valence-corrected chi connectivity index (χ1v) is 5.82. The molecule has 0 amide bonds. The molecule has 88 valence electrons. The predicted molar refractivity (Wildman–Crippen MR) is 62.9 cm³/mol. The third-order valence-corrected chi connectivity index (χ3v) is 2.63. The van der Waals surface area contributed by atoms with Crippen molar-refractivity contribution in [2.24, 2.45) is 0 Å². The van der Waals surface area contributed by atoms with E-state index in [1.807, 2.05) is 19.1 Å². The molecule has 0 bridgehead atoms. The van der Waals surface area contributed by atoms with Crippen LogP contribution in [0.15, 0.2) is 18.3 Å². The van der Waals surface area contributed by atoms with E-state index >= 15 is 0 Å². The average molecular weight is 222 g/mol. The number of nitrogens with one attached hydrogen (secondary N) is 1. The van der Waals surface area contributed by atoms with Gasteiger partial charge in [0.2, 0.25) is 0 Å². The Morgan fingerprint density at radius 1 is 1.50 bits per heavy atom. The summed E-state index contributed by atoms with van der Waals surface area (Å²) in [5.74, 6) is 1.67. The van der Waals surface area contributed by atoms with Crippen LogP contribution in [0.3, 0.4) is 0 Å². The molecule has 2 heterocycles. The van der Waals surface area contributed by atoms with E-state index in [9.17, 15) is 0 Å². The molecule has 0 aromatic carbocycles. The number of aromatic nitrogens is 1. The van der Waals surface area contributed by atoms with E-state index < -0.39 is 0 Å². The molecule has 0 atom stereocenters. The fourth-order valence-corrected chi connectivity index (χ4v) is 1.81. The largest absolute Gasteiger partial charge is 0.490 e. The highest BCUT2D eigenvalue weighted by atomic mass is 16.5. The van der Waals surface area contributed by atoms with Crippen molar-refractivity contribution in [3.8, 4) is 5.75 Å². The SMILES string of the molecule is CCOc1cccnc1NC1CCOCC1. The summed E-state index contributed by atoms with van der Waals surface area (Å²) in [5.41, 5.74) is 0. The molecular formula is C12H18N2O2. The lowest BCUT2D eigenvalue weighted by Crippen LogP contribution is -2.28. The van der Waals surface area contributed by atoms with Crippen molar-refractivity contribution in [3.05, 3.63) is 18.3 Å². The number of hydrogen-bond acceptors (Lipinski definition) is 4. The van der Waals surface area contributed by atoms with Gasteiger partial charge in [-0.25, -0.2) is 4.98 Å². The second-order valence-electron chi connectivity index (χ2n) is 3.81. The van der Waals surface area contributed by atoms with Crippen LogP contribution in [0.1, 0.15) is 19.8 Å². The van der Waals surface area contributed by atoms with Crippen molar-refractivity contribution in [1.29, 1.82) is 0 Å². The van der Waals surface area contributed by atoms with E-state index in [1.54, 1.807) is 6.20 Å². The van der Waals surface area contributed by atoms with E-state index in [0.717, 1.165) is 37.6 Å². The topological polar surface area (TPSA) is 43.4 Å². The summed E-state index contributed by atoms with van der Waals surface area (Å²) in [7, 11) is 0. The molecule has 0 radical (unpaired) electrons. The van der Waals surface area contributed by atoms with Crippen molar-refractivity contribution in [2.45, 2.75) is 25.8 Å². The first-order valence-electron chi connectivity index (χ1n) is 5.82. The van der Waals surface area contributed by atoms with Crippen LogP contribution in [0.5, 0.6) is 5.75 Å². The summed E-state index contributed by atoms with van der Waals surface area (Å²) < 4.78 is 10.8. The van der Waals surface area contributed by atoms with Gasteiger partial charge in [0.05, 0.1) is 6.61 Å². The molecule has 0 aliphatic carbocycles. The van der Waals surface area contributed by atoms with Gasteiger partial charge in [0.1, 0.15) is 0 Å². The summed E-state index contributed by atoms with van der Waals surface area (Å²) in [6, 6.07) is 4.28. The van der Waals surface area contributed by atoms with Crippen molar-refractivity contribution >= 4 is 5.82 Å². The van der Waals surface area contributed by atoms with Crippen LogP contribution in [-0.2, 0) is 4.74 Å². The van der Waals surface area contributed by atoms with Gasteiger partial charge in [-0.2, -0.15) is 0 Å². The molecule has 1 fully saturated rings. The van der Waals surface area contributed by atoms with E-state index in [0.29, 0.717) is 12.6 Å². The lowest BCUT2D eigenvalue weighted by molar-refractivity contribution is 0.0903. The van der Waals surface area contributed by atoms with Crippen LogP contribution >= 0.6 is 0 Å². The highest BCUT2D eigenvalue weighted by Gasteiger charge is 2.15. The summed E-state index contributed by atoms with van der Waals surface area (Å²) in [6.07, 6.45) is 3.84. The summed E-state index contributed by atoms with van der Waals surface area (Å²) in [5, 5.41) is 3.42. The molecule has 4 heteroatoms. The Bertz CT molecular complexity index is 325. The van der Waals surface area contributed by atoms with Crippen molar-refractivity contribution in [1.82, 2.24) is 4.98 Å². The van der Waals surface area contributed by atoms with Gasteiger partial charge in [-0.1, -0.05) is 0 Å². The Kier molecular flexibility index (Phi) is 3.99. The van der Waals surface area contributed by atoms with Gasteiger partial charge in [-0.3, -0.25) is 0 Å². The molecule has 1 aliphatic heterocycles. The molecule has 2 rings (SSSR count). The zero-order chi connectivity index (χ0) is 11.2. The predicted octanol–water partition coefficient (Wildman–Crippen LogP) is 2.07. The maximum atomic E-state index is 5.52. The minimum atomic E-state index is 0.447. The Labute approximate surface area is 96.0 Å². The highest BCUT2D eigenvalue weighted by Crippen LogP contribution is 2.23. The second kappa shape index (κ2) is 5.70. The molecule has 1 saturated heterocycles. The van der Waals surface area contributed by atoms with E-state index in [-0.39, 0.29) is 0 Å². The van der Waals surface area contributed by atoms with Crippen LogP contribution in [0.25, 0.3) is 0 Å². The fraction of sp³-hybridized carbons (Fsp3) is 0.583. The lowest BCUT2D eigenvalue weighted by Gasteiger charge is -2.24. The monoisotopic (exact) mass is 222 g/mol. The molecule has 1 N–H and O–H groups in total. The highest BCUT2D eigenvalue weighted by molar-refractivity contribution is 5.50. The van der Waals surface area contributed by atoms with Crippen LogP contribution < -0.4 is 10.1 Å². The third-order valence-electron chi connectivity index (χ3n) is 2.63. The van der Waals surface area contributed by atoms with Crippen LogP contribution in [0, 0.1) is 0 Å².